The van der Waals surface area contributed by atoms with Crippen LogP contribution >= 0.6 is 0 Å². The number of dihydropyridines is 1. The van der Waals surface area contributed by atoms with Crippen molar-refractivity contribution in [3.8, 4) is 34.5 Å². The fraction of sp³-hybridized carbons (Fsp3) is 0.288. The maximum atomic E-state index is 14.9. The molecule has 3 aliphatic rings. The van der Waals surface area contributed by atoms with Gasteiger partial charge in [-0.25, -0.2) is 0 Å². The molecule has 7 aromatic rings. The number of aromatic hydroxyl groups is 3. The van der Waals surface area contributed by atoms with Gasteiger partial charge in [-0.15, -0.1) is 0 Å². The van der Waals surface area contributed by atoms with E-state index in [1.165, 1.54) is 20.1 Å². The van der Waals surface area contributed by atoms with E-state index < -0.39 is 23.5 Å². The normalized spacial score (nSPS) is 20.7. The Hall–Kier alpha value is -8.71. The molecule has 13 nitrogen and oxygen atoms in total. The number of H-pyrrole nitrogens is 1. The Morgan fingerprint density at radius 1 is 0.823 bits per heavy atom. The van der Waals surface area contributed by atoms with E-state index in [9.17, 15) is 29.7 Å². The third kappa shape index (κ3) is 12.4. The molecule has 0 radical (unpaired) electrons. The number of carbonyl (C=O) groups excluding carboxylic acids is 3. The van der Waals surface area contributed by atoms with Crippen LogP contribution in [0.25, 0.3) is 10.8 Å². The molecule has 79 heavy (non-hydrogen) atoms. The molecule has 1 spiro atoms. The Balaban J connectivity index is 1.10. The van der Waals surface area contributed by atoms with Gasteiger partial charge in [-0.2, -0.15) is 0 Å². The number of aromatic nitrogens is 2. The predicted molar refractivity (Wildman–Crippen MR) is 307 cm³/mol. The van der Waals surface area contributed by atoms with Crippen LogP contribution in [0.4, 0.5) is 5.69 Å². The molecule has 1 aliphatic carbocycles. The van der Waals surface area contributed by atoms with Crippen molar-refractivity contribution in [3.63, 3.8) is 0 Å². The first-order chi connectivity index (χ1) is 38.2. The topological polar surface area (TPSA) is 176 Å². The molecule has 2 aromatic heterocycles. The van der Waals surface area contributed by atoms with E-state index in [1.807, 2.05) is 77.6 Å². The van der Waals surface area contributed by atoms with Crippen molar-refractivity contribution < 1.29 is 43.9 Å². The fourth-order valence-corrected chi connectivity index (χ4v) is 11.8. The van der Waals surface area contributed by atoms with Gasteiger partial charge < -0.3 is 49.3 Å². The number of carbonyl (C=O) groups is 3. The molecule has 0 saturated heterocycles. The second-order valence-corrected chi connectivity index (χ2v) is 21.4. The summed E-state index contributed by atoms with van der Waals surface area (Å²) < 4.78 is 20.3. The van der Waals surface area contributed by atoms with Gasteiger partial charge in [-0.1, -0.05) is 91.9 Å². The number of nitrogens with one attached hydrogen (secondary N) is 2. The summed E-state index contributed by atoms with van der Waals surface area (Å²) in [7, 11) is 1.48. The van der Waals surface area contributed by atoms with Crippen molar-refractivity contribution in [3.05, 3.63) is 209 Å². The molecule has 5 N–H and O–H groups in total. The number of phenolic OH excluding ortho intramolecular Hbond substituents is 3. The summed E-state index contributed by atoms with van der Waals surface area (Å²) >= 11 is 0. The summed E-state index contributed by atoms with van der Waals surface area (Å²) in [4.78, 5) is 46.3. The van der Waals surface area contributed by atoms with Gasteiger partial charge in [0, 0.05) is 86.8 Å². The first-order valence-electron chi connectivity index (χ1n) is 27.2. The molecule has 4 bridgehead atoms. The molecule has 0 saturated carbocycles. The maximum Gasteiger partial charge on any atom is 0.302 e. The van der Waals surface area contributed by atoms with Gasteiger partial charge in [0.25, 0.3) is 0 Å². The summed E-state index contributed by atoms with van der Waals surface area (Å²) in [6.07, 6.45) is 23.5. The molecular formula is C66H68N4O9. The zero-order valence-corrected chi connectivity index (χ0v) is 45.2. The van der Waals surface area contributed by atoms with Crippen molar-refractivity contribution in [2.45, 2.75) is 90.2 Å². The predicted octanol–water partition coefficient (Wildman–Crippen LogP) is 12.6. The Morgan fingerprint density at radius 3 is 2.43 bits per heavy atom. The number of phenols is 3. The molecule has 0 fully saturated rings. The number of rotatable bonds is 11. The number of benzene rings is 5. The zero-order valence-electron chi connectivity index (χ0n) is 45.2. The van der Waals surface area contributed by atoms with Gasteiger partial charge in [0.1, 0.15) is 40.7 Å². The van der Waals surface area contributed by atoms with Gasteiger partial charge in [-0.3, -0.25) is 14.4 Å². The van der Waals surface area contributed by atoms with Crippen LogP contribution in [0.2, 0.25) is 0 Å². The number of hydrogen-bond donors (Lipinski definition) is 5. The fourth-order valence-electron chi connectivity index (χ4n) is 11.8. The quantitative estimate of drug-likeness (QED) is 0.0780. The minimum Gasteiger partial charge on any atom is -0.508 e. The average molecular weight is 1060 g/mol. The van der Waals surface area contributed by atoms with Crippen LogP contribution in [0, 0.1) is 11.3 Å². The Morgan fingerprint density at radius 2 is 1.65 bits per heavy atom. The third-order valence-electron chi connectivity index (χ3n) is 15.9. The molecule has 2 aliphatic heterocycles. The smallest absolute Gasteiger partial charge is 0.302 e. The van der Waals surface area contributed by atoms with Crippen LogP contribution in [0.5, 0.6) is 34.5 Å². The van der Waals surface area contributed by atoms with E-state index >= 15 is 0 Å². The lowest BCUT2D eigenvalue weighted by atomic mass is 9.66. The third-order valence-corrected chi connectivity index (χ3v) is 15.9. The number of anilines is 1. The highest BCUT2D eigenvalue weighted by Crippen LogP contribution is 2.47. The van der Waals surface area contributed by atoms with Gasteiger partial charge in [0.05, 0.1) is 18.8 Å². The van der Waals surface area contributed by atoms with Gasteiger partial charge in [-0.05, 0) is 138 Å². The van der Waals surface area contributed by atoms with E-state index in [-0.39, 0.29) is 71.4 Å². The highest BCUT2D eigenvalue weighted by atomic mass is 16.5. The summed E-state index contributed by atoms with van der Waals surface area (Å²) in [6.45, 7) is 6.06. The molecule has 4 heterocycles. The van der Waals surface area contributed by atoms with Crippen LogP contribution < -0.4 is 19.7 Å². The lowest BCUT2D eigenvalue weighted by Crippen LogP contribution is -2.35. The molecule has 0 unspecified atom stereocenters. The number of allylic oxidation sites excluding steroid dienone is 6. The molecule has 406 valence electrons. The number of methoxy groups -OCH3 is 1. The number of ether oxygens (including phenoxy) is 3. The SMILES string of the molecule is COc1cc([C@@H]2CC(=O)C[C@H](OC(C)=O)CC[C@@]3(C=CC=C[C@@H]3C)Cc3c[nH]cc3C[C@@H](c3cccc(O)c3)C3=CCNC(=C3)N(CCC(C)=O)c3cccc4cn2cc34)cc(O)c1Oc1cc(O)cc(Cc2ccccc2)c1. The molecule has 0 amide bonds. The second-order valence-electron chi connectivity index (χ2n) is 21.4. The van der Waals surface area contributed by atoms with E-state index in [4.69, 9.17) is 14.2 Å². The summed E-state index contributed by atoms with van der Waals surface area (Å²) in [6, 6.07) is 30.9. The molecular weight excluding hydrogens is 993 g/mol. The Bertz CT molecular complexity index is 3510. The van der Waals surface area contributed by atoms with E-state index in [2.05, 4.69) is 77.0 Å². The lowest BCUT2D eigenvalue weighted by Gasteiger charge is -2.38. The summed E-state index contributed by atoms with van der Waals surface area (Å²) in [5, 5.41) is 39.1. The van der Waals surface area contributed by atoms with Crippen LogP contribution in [-0.2, 0) is 38.4 Å². The van der Waals surface area contributed by atoms with Crippen molar-refractivity contribution >= 4 is 34.0 Å². The van der Waals surface area contributed by atoms with E-state index in [1.54, 1.807) is 37.3 Å². The lowest BCUT2D eigenvalue weighted by molar-refractivity contribution is -0.148. The van der Waals surface area contributed by atoms with Crippen LogP contribution in [0.3, 0.4) is 0 Å². The monoisotopic (exact) mass is 1060 g/mol. The van der Waals surface area contributed by atoms with E-state index in [0.29, 0.717) is 56.5 Å². The van der Waals surface area contributed by atoms with Crippen molar-refractivity contribution in [1.29, 1.82) is 0 Å². The number of hydrogen-bond acceptors (Lipinski definition) is 11. The number of esters is 1. The minimum atomic E-state index is -0.728. The summed E-state index contributed by atoms with van der Waals surface area (Å²) in [5.74, 6) is 0.603. The van der Waals surface area contributed by atoms with E-state index in [0.717, 1.165) is 55.7 Å². The number of nitrogens with zero attached hydrogens (tertiary/aromatic N) is 2. The molecule has 10 rings (SSSR count). The van der Waals surface area contributed by atoms with Gasteiger partial charge in [0.15, 0.2) is 11.5 Å². The number of aromatic amines is 1. The second kappa shape index (κ2) is 23.5. The first-order valence-corrected chi connectivity index (χ1v) is 27.2. The van der Waals surface area contributed by atoms with Crippen LogP contribution in [0.1, 0.15) is 98.2 Å². The maximum absolute atomic E-state index is 14.9. The van der Waals surface area contributed by atoms with Crippen molar-refractivity contribution in [2.24, 2.45) is 11.3 Å². The zero-order chi connectivity index (χ0) is 55.2. The molecule has 5 aromatic carbocycles. The molecule has 5 atom stereocenters. The number of fused-ring (bicyclic) bond motifs is 3. The average Bonchev–Trinajstić information content (AvgIpc) is 4.21. The van der Waals surface area contributed by atoms with Gasteiger partial charge >= 0.3 is 5.97 Å². The molecule has 13 heteroatoms. The Labute approximate surface area is 461 Å². The van der Waals surface area contributed by atoms with Crippen LogP contribution in [-0.4, -0.2) is 68.7 Å². The highest BCUT2D eigenvalue weighted by Gasteiger charge is 2.37. The Kier molecular flexibility index (Phi) is 16.0. The first kappa shape index (κ1) is 53.7. The standard InChI is InChI=1S/C66H68N4O9/c1-42-12-8-9-22-66(42)23-19-56(78-44(3)72)34-55(75)36-61(50-31-62(76)65(63(32-50)77-4)79-57-28-46(27-54(74)35-57)26-45-13-6-5-7-14-45)69-40-49-16-11-18-60(59(49)41-69)70(25-21-43(2)71)64-33-48(20-24-68-64)58(47-15-10-17-53(73)29-47)30-51-38-67-39-52(51)37-66/h5-18,20,22,27-29,31-33,35,38-42,56,58,61,67-68,73-74,76H,19,21,23-26,30,34,36-37H2,1-4H3/t42-,56+,58-,61-,66-/m0/s1. The van der Waals surface area contributed by atoms with Crippen molar-refractivity contribution in [1.82, 2.24) is 14.9 Å². The number of Topliss-reactive ketones (excluding diaryl/α,β-unsaturated/α-hetero) is 2. The highest BCUT2D eigenvalue weighted by molar-refractivity contribution is 5.95. The summed E-state index contributed by atoms with van der Waals surface area (Å²) in [5.41, 5.74) is 7.14. The van der Waals surface area contributed by atoms with Crippen molar-refractivity contribution in [2.75, 3.05) is 25.1 Å². The largest absolute Gasteiger partial charge is 0.508 e. The number of ketones is 2. The van der Waals surface area contributed by atoms with Gasteiger partial charge in [0.2, 0.25) is 5.75 Å². The minimum absolute atomic E-state index is 0.00160. The van der Waals surface area contributed by atoms with Crippen LogP contribution in [0.15, 0.2) is 176 Å².